The van der Waals surface area contributed by atoms with Crippen molar-refractivity contribution in [3.63, 3.8) is 0 Å². The lowest BCUT2D eigenvalue weighted by Gasteiger charge is -1.84. The van der Waals surface area contributed by atoms with E-state index in [0.717, 1.165) is 0 Å². The third-order valence-corrected chi connectivity index (χ3v) is 0.874. The van der Waals surface area contributed by atoms with E-state index in [4.69, 9.17) is 0 Å². The molecule has 0 bridgehead atoms. The van der Waals surface area contributed by atoms with E-state index in [1.807, 2.05) is 0 Å². The monoisotopic (exact) mass is 117 g/mol. The minimum absolute atomic E-state index is 0.110. The van der Waals surface area contributed by atoms with Crippen LogP contribution in [0.1, 0.15) is 0 Å². The van der Waals surface area contributed by atoms with Gasteiger partial charge in [0, 0.05) is 0 Å². The lowest BCUT2D eigenvalue weighted by atomic mass is 10.7. The molecule has 0 aromatic rings. The highest BCUT2D eigenvalue weighted by molar-refractivity contribution is 7.40. The van der Waals surface area contributed by atoms with Gasteiger partial charge in [0.25, 0.3) is 5.91 Å². The number of carbonyl (C=O) groups is 1. The first kappa shape index (κ1) is 4.72. The number of carbonyl (C=O) groups excluding carboxylic acids is 1. The first-order chi connectivity index (χ1) is 3.29. The Morgan fingerprint density at radius 3 is 2.71 bits per heavy atom. The predicted octanol–water partition coefficient (Wildman–Crippen LogP) is -0.226. The molecular formula is C3H4NO2P. The fourth-order valence-electron chi connectivity index (χ4n) is 0.323. The topological polar surface area (TPSA) is 38.7 Å². The Kier molecular flexibility index (Phi) is 1.07. The van der Waals surface area contributed by atoms with Crippen molar-refractivity contribution < 1.29 is 9.53 Å². The van der Waals surface area contributed by atoms with Crippen LogP contribution in [0.15, 0.2) is 4.99 Å². The molecule has 1 amide bonds. The number of nitrogens with zero attached hydrogens (tertiary/aromatic N) is 1. The zero-order chi connectivity index (χ0) is 5.28. The van der Waals surface area contributed by atoms with Crippen molar-refractivity contribution in [2.75, 3.05) is 6.61 Å². The van der Waals surface area contributed by atoms with Gasteiger partial charge in [-0.25, -0.2) is 0 Å². The summed E-state index contributed by atoms with van der Waals surface area (Å²) in [4.78, 5) is 13.5. The molecule has 1 aliphatic rings. The molecule has 3 nitrogen and oxygen atoms in total. The molecule has 1 atom stereocenters. The fourth-order valence-corrected chi connectivity index (χ4v) is 0.550. The molecule has 0 radical (unpaired) electrons. The van der Waals surface area contributed by atoms with Gasteiger partial charge in [-0.3, -0.25) is 4.79 Å². The number of hydrogen-bond donors (Lipinski definition) is 0. The summed E-state index contributed by atoms with van der Waals surface area (Å²) in [6.07, 6.45) is 0. The maximum absolute atomic E-state index is 10.1. The first-order valence-corrected chi connectivity index (χ1v) is 2.36. The highest BCUT2D eigenvalue weighted by Gasteiger charge is 2.08. The highest BCUT2D eigenvalue weighted by atomic mass is 31.0. The predicted molar refractivity (Wildman–Crippen MR) is 28.1 cm³/mol. The van der Waals surface area contributed by atoms with Crippen LogP contribution in [0.25, 0.3) is 0 Å². The standard InChI is InChI=1S/C3H4NO2P/c5-2-1-6-3(7)4-2/h1,7H2. The van der Waals surface area contributed by atoms with Crippen LogP contribution in [0.4, 0.5) is 0 Å². The van der Waals surface area contributed by atoms with Gasteiger partial charge in [0.2, 0.25) is 5.64 Å². The smallest absolute Gasteiger partial charge is 0.286 e. The van der Waals surface area contributed by atoms with Crippen molar-refractivity contribution in [3.05, 3.63) is 0 Å². The van der Waals surface area contributed by atoms with Crippen molar-refractivity contribution in [1.29, 1.82) is 0 Å². The van der Waals surface area contributed by atoms with Crippen molar-refractivity contribution in [3.8, 4) is 0 Å². The minimum atomic E-state index is -0.204. The van der Waals surface area contributed by atoms with E-state index in [9.17, 15) is 4.79 Å². The molecule has 1 rings (SSSR count). The Bertz CT molecular complexity index is 131. The lowest BCUT2D eigenvalue weighted by molar-refractivity contribution is -0.118. The zero-order valence-corrected chi connectivity index (χ0v) is 4.70. The maximum atomic E-state index is 10.1. The summed E-state index contributed by atoms with van der Waals surface area (Å²) in [6, 6.07) is 0. The Labute approximate surface area is 43.0 Å². The molecule has 0 spiro atoms. The van der Waals surface area contributed by atoms with Gasteiger partial charge in [-0.2, -0.15) is 4.99 Å². The second-order valence-electron chi connectivity index (χ2n) is 1.13. The van der Waals surface area contributed by atoms with Gasteiger partial charge in [-0.15, -0.1) is 0 Å². The average Bonchev–Trinajstić information content (AvgIpc) is 1.87. The zero-order valence-electron chi connectivity index (χ0n) is 3.55. The van der Waals surface area contributed by atoms with E-state index in [1.54, 1.807) is 0 Å². The summed E-state index contributed by atoms with van der Waals surface area (Å²) in [5.74, 6) is -0.204. The van der Waals surface area contributed by atoms with Crippen LogP contribution < -0.4 is 0 Å². The van der Waals surface area contributed by atoms with Crippen molar-refractivity contribution in [2.45, 2.75) is 0 Å². The fraction of sp³-hybridized carbons (Fsp3) is 0.333. The first-order valence-electron chi connectivity index (χ1n) is 1.79. The van der Waals surface area contributed by atoms with Crippen LogP contribution in [-0.2, 0) is 9.53 Å². The van der Waals surface area contributed by atoms with Gasteiger partial charge in [0.05, 0.1) is 0 Å². The van der Waals surface area contributed by atoms with E-state index < -0.39 is 0 Å². The van der Waals surface area contributed by atoms with E-state index in [0.29, 0.717) is 5.64 Å². The van der Waals surface area contributed by atoms with E-state index in [2.05, 4.69) is 19.0 Å². The summed E-state index contributed by atoms with van der Waals surface area (Å²) >= 11 is 0. The molecule has 0 saturated heterocycles. The Morgan fingerprint density at radius 1 is 1.86 bits per heavy atom. The summed E-state index contributed by atoms with van der Waals surface area (Å²) in [5, 5.41) is 0. The van der Waals surface area contributed by atoms with Crippen molar-refractivity contribution in [1.82, 2.24) is 0 Å². The van der Waals surface area contributed by atoms with Gasteiger partial charge < -0.3 is 4.74 Å². The summed E-state index contributed by atoms with van der Waals surface area (Å²) in [7, 11) is 2.20. The molecule has 0 aliphatic carbocycles. The molecule has 1 aliphatic heterocycles. The summed E-state index contributed by atoms with van der Waals surface area (Å²) in [5.41, 5.74) is 0.394. The van der Waals surface area contributed by atoms with Crippen LogP contribution in [0.2, 0.25) is 0 Å². The van der Waals surface area contributed by atoms with Crippen LogP contribution in [0.5, 0.6) is 0 Å². The highest BCUT2D eigenvalue weighted by Crippen LogP contribution is 2.00. The van der Waals surface area contributed by atoms with E-state index >= 15 is 0 Å². The maximum Gasteiger partial charge on any atom is 0.286 e. The third kappa shape index (κ3) is 0.967. The molecule has 7 heavy (non-hydrogen) atoms. The number of rotatable bonds is 0. The number of hydrogen-bond acceptors (Lipinski definition) is 2. The number of ether oxygens (including phenoxy) is 1. The second kappa shape index (κ2) is 1.58. The third-order valence-electron chi connectivity index (χ3n) is 0.578. The van der Waals surface area contributed by atoms with Gasteiger partial charge in [0.15, 0.2) is 6.61 Å². The molecule has 0 fully saturated rings. The number of aliphatic imine (C=N–C) groups is 1. The quantitative estimate of drug-likeness (QED) is 0.411. The van der Waals surface area contributed by atoms with Crippen LogP contribution in [0.3, 0.4) is 0 Å². The van der Waals surface area contributed by atoms with E-state index in [-0.39, 0.29) is 12.5 Å². The Hall–Kier alpha value is -0.430. The lowest BCUT2D eigenvalue weighted by Crippen LogP contribution is -1.93. The SMILES string of the molecule is O=C1COC(P)=N1. The van der Waals surface area contributed by atoms with Gasteiger partial charge in [-0.05, 0) is 9.24 Å². The molecule has 0 aromatic carbocycles. The van der Waals surface area contributed by atoms with Crippen LogP contribution >= 0.6 is 9.24 Å². The van der Waals surface area contributed by atoms with Crippen LogP contribution in [0, 0.1) is 0 Å². The van der Waals surface area contributed by atoms with Crippen LogP contribution in [-0.4, -0.2) is 18.2 Å². The van der Waals surface area contributed by atoms with Crippen molar-refractivity contribution in [2.24, 2.45) is 4.99 Å². The van der Waals surface area contributed by atoms with Crippen molar-refractivity contribution >= 4 is 20.8 Å². The molecule has 1 heterocycles. The second-order valence-corrected chi connectivity index (χ2v) is 1.63. The summed E-state index contributed by atoms with van der Waals surface area (Å²) in [6.45, 7) is 0.110. The molecule has 0 aromatic heterocycles. The normalized spacial score (nSPS) is 19.0. The average molecular weight is 117 g/mol. The molecule has 0 N–H and O–H groups in total. The Morgan fingerprint density at radius 2 is 2.57 bits per heavy atom. The molecule has 38 valence electrons. The molecule has 0 saturated carbocycles. The largest absolute Gasteiger partial charge is 0.468 e. The molecular weight excluding hydrogens is 113 g/mol. The minimum Gasteiger partial charge on any atom is -0.468 e. The van der Waals surface area contributed by atoms with E-state index in [1.165, 1.54) is 0 Å². The summed E-state index contributed by atoms with van der Waals surface area (Å²) < 4.78 is 4.63. The van der Waals surface area contributed by atoms with Gasteiger partial charge in [0.1, 0.15) is 0 Å². The van der Waals surface area contributed by atoms with Gasteiger partial charge in [-0.1, -0.05) is 0 Å². The Balaban J connectivity index is 2.67. The molecule has 4 heteroatoms. The number of amides is 1. The van der Waals surface area contributed by atoms with Gasteiger partial charge >= 0.3 is 0 Å². The molecule has 1 unspecified atom stereocenters.